The van der Waals surface area contributed by atoms with Crippen molar-refractivity contribution in [2.75, 3.05) is 12.4 Å². The third-order valence-corrected chi connectivity index (χ3v) is 4.47. The second-order valence-electron chi connectivity index (χ2n) is 5.98. The Bertz CT molecular complexity index is 1090. The molecule has 0 aliphatic rings. The van der Waals surface area contributed by atoms with Crippen molar-refractivity contribution in [1.82, 2.24) is 9.97 Å². The van der Waals surface area contributed by atoms with E-state index in [1.165, 1.54) is 0 Å². The number of aromatic nitrogens is 2. The summed E-state index contributed by atoms with van der Waals surface area (Å²) in [5.74, 6) is 1.05. The quantitative estimate of drug-likeness (QED) is 0.517. The van der Waals surface area contributed by atoms with Gasteiger partial charge in [0.2, 0.25) is 0 Å². The molecule has 2 N–H and O–H groups in total. The molecule has 0 atom stereocenters. The minimum absolute atomic E-state index is 0.244. The lowest BCUT2D eigenvalue weighted by molar-refractivity contribution is 0.102. The van der Waals surface area contributed by atoms with E-state index >= 15 is 0 Å². The minimum Gasteiger partial charge on any atom is -0.495 e. The van der Waals surface area contributed by atoms with E-state index < -0.39 is 0 Å². The Labute approximate surface area is 161 Å². The lowest BCUT2D eigenvalue weighted by Crippen LogP contribution is -2.12. The number of rotatable bonds is 4. The summed E-state index contributed by atoms with van der Waals surface area (Å²) in [6, 6.07) is 20.1. The molecule has 1 amide bonds. The summed E-state index contributed by atoms with van der Waals surface area (Å²) in [5, 5.41) is 3.47. The Hall–Kier alpha value is -3.31. The van der Waals surface area contributed by atoms with Crippen LogP contribution in [-0.2, 0) is 0 Å². The molecule has 4 aromatic rings. The number of halogens is 1. The summed E-state index contributed by atoms with van der Waals surface area (Å²) < 4.78 is 5.38. The van der Waals surface area contributed by atoms with Gasteiger partial charge in [0.25, 0.3) is 5.91 Å². The van der Waals surface area contributed by atoms with Crippen molar-refractivity contribution in [2.24, 2.45) is 0 Å². The number of benzene rings is 3. The summed E-state index contributed by atoms with van der Waals surface area (Å²) >= 11 is 5.88. The Morgan fingerprint density at radius 3 is 2.59 bits per heavy atom. The molecule has 0 saturated carbocycles. The molecule has 134 valence electrons. The lowest BCUT2D eigenvalue weighted by atomic mass is 10.1. The molecule has 3 aromatic carbocycles. The number of nitrogens with one attached hydrogen (secondary N) is 2. The van der Waals surface area contributed by atoms with E-state index in [0.717, 1.165) is 22.4 Å². The zero-order valence-electron chi connectivity index (χ0n) is 14.5. The molecule has 4 rings (SSSR count). The highest BCUT2D eigenvalue weighted by Gasteiger charge is 2.13. The minimum atomic E-state index is -0.244. The number of fused-ring (bicyclic) bond motifs is 1. The Morgan fingerprint density at radius 1 is 1.07 bits per heavy atom. The normalized spacial score (nSPS) is 10.7. The fourth-order valence-electron chi connectivity index (χ4n) is 2.84. The number of carbonyl (C=O) groups is 1. The number of ether oxygens (including phenoxy) is 1. The number of methoxy groups -OCH3 is 1. The van der Waals surface area contributed by atoms with Gasteiger partial charge in [-0.3, -0.25) is 4.79 Å². The number of carbonyl (C=O) groups excluding carboxylic acids is 1. The molecular weight excluding hydrogens is 362 g/mol. The van der Waals surface area contributed by atoms with Crippen molar-refractivity contribution in [2.45, 2.75) is 0 Å². The van der Waals surface area contributed by atoms with Crippen LogP contribution in [-0.4, -0.2) is 23.0 Å². The average Bonchev–Trinajstić information content (AvgIpc) is 3.12. The van der Waals surface area contributed by atoms with Gasteiger partial charge in [-0.2, -0.15) is 0 Å². The van der Waals surface area contributed by atoms with Crippen molar-refractivity contribution in [3.63, 3.8) is 0 Å². The summed E-state index contributed by atoms with van der Waals surface area (Å²) in [6.07, 6.45) is 0. The van der Waals surface area contributed by atoms with Crippen LogP contribution in [0.4, 0.5) is 5.69 Å². The number of amides is 1. The van der Waals surface area contributed by atoms with Crippen LogP contribution in [0.5, 0.6) is 5.75 Å². The SMILES string of the molecule is COc1ccc(-c2nc3ccccc3[nH]2)cc1NC(=O)c1ccc(Cl)cc1. The third kappa shape index (κ3) is 3.50. The van der Waals surface area contributed by atoms with Crippen LogP contribution in [0, 0.1) is 0 Å². The van der Waals surface area contributed by atoms with Gasteiger partial charge in [-0.1, -0.05) is 23.7 Å². The Morgan fingerprint density at radius 2 is 1.85 bits per heavy atom. The molecule has 6 heteroatoms. The highest BCUT2D eigenvalue weighted by molar-refractivity contribution is 6.30. The number of H-pyrrole nitrogens is 1. The van der Waals surface area contributed by atoms with Crippen LogP contribution >= 0.6 is 11.6 Å². The molecule has 0 bridgehead atoms. The Kier molecular flexibility index (Phi) is 4.52. The third-order valence-electron chi connectivity index (χ3n) is 4.22. The average molecular weight is 378 g/mol. The predicted octanol–water partition coefficient (Wildman–Crippen LogP) is 5.14. The van der Waals surface area contributed by atoms with Crippen LogP contribution in [0.15, 0.2) is 66.7 Å². The van der Waals surface area contributed by atoms with Gasteiger partial charge in [-0.05, 0) is 54.6 Å². The standard InChI is InChI=1S/C21H16ClN3O2/c1-27-19-11-8-14(20-23-16-4-2-3-5-17(16)24-20)12-18(19)25-21(26)13-6-9-15(22)10-7-13/h2-12H,1H3,(H,23,24)(H,25,26). The van der Waals surface area contributed by atoms with Gasteiger partial charge in [0.05, 0.1) is 23.8 Å². The number of anilines is 1. The van der Waals surface area contributed by atoms with Gasteiger partial charge in [0, 0.05) is 16.1 Å². The van der Waals surface area contributed by atoms with E-state index in [9.17, 15) is 4.79 Å². The largest absolute Gasteiger partial charge is 0.495 e. The number of hydrogen-bond donors (Lipinski definition) is 2. The van der Waals surface area contributed by atoms with Gasteiger partial charge in [0.1, 0.15) is 11.6 Å². The van der Waals surface area contributed by atoms with E-state index in [1.807, 2.05) is 36.4 Å². The van der Waals surface area contributed by atoms with Gasteiger partial charge in [-0.15, -0.1) is 0 Å². The summed E-state index contributed by atoms with van der Waals surface area (Å²) in [7, 11) is 1.56. The molecule has 0 saturated heterocycles. The van der Waals surface area contributed by atoms with Crippen LogP contribution in [0.3, 0.4) is 0 Å². The van der Waals surface area contributed by atoms with Crippen LogP contribution < -0.4 is 10.1 Å². The fraction of sp³-hybridized carbons (Fsp3) is 0.0476. The van der Waals surface area contributed by atoms with Crippen LogP contribution in [0.25, 0.3) is 22.4 Å². The number of hydrogen-bond acceptors (Lipinski definition) is 3. The molecule has 0 fully saturated rings. The molecule has 0 radical (unpaired) electrons. The molecule has 0 aliphatic carbocycles. The highest BCUT2D eigenvalue weighted by Crippen LogP contribution is 2.31. The van der Waals surface area contributed by atoms with E-state index in [2.05, 4.69) is 15.3 Å². The maximum atomic E-state index is 12.5. The molecule has 0 aliphatic heterocycles. The fourth-order valence-corrected chi connectivity index (χ4v) is 2.96. The summed E-state index contributed by atoms with van der Waals surface area (Å²) in [4.78, 5) is 20.4. The first-order valence-electron chi connectivity index (χ1n) is 8.34. The van der Waals surface area contributed by atoms with E-state index in [-0.39, 0.29) is 5.91 Å². The van der Waals surface area contributed by atoms with Crippen molar-refractivity contribution in [3.8, 4) is 17.1 Å². The van der Waals surface area contributed by atoms with E-state index in [1.54, 1.807) is 37.4 Å². The zero-order chi connectivity index (χ0) is 18.8. The van der Waals surface area contributed by atoms with Gasteiger partial charge in [0.15, 0.2) is 0 Å². The maximum absolute atomic E-state index is 12.5. The van der Waals surface area contributed by atoms with Crippen molar-refractivity contribution >= 4 is 34.2 Å². The monoisotopic (exact) mass is 377 g/mol. The van der Waals surface area contributed by atoms with E-state index in [0.29, 0.717) is 22.0 Å². The number of aromatic amines is 1. The highest BCUT2D eigenvalue weighted by atomic mass is 35.5. The van der Waals surface area contributed by atoms with Crippen LogP contribution in [0.2, 0.25) is 5.02 Å². The van der Waals surface area contributed by atoms with Gasteiger partial charge < -0.3 is 15.0 Å². The maximum Gasteiger partial charge on any atom is 0.255 e. The van der Waals surface area contributed by atoms with E-state index in [4.69, 9.17) is 16.3 Å². The van der Waals surface area contributed by atoms with Gasteiger partial charge in [-0.25, -0.2) is 4.98 Å². The zero-order valence-corrected chi connectivity index (χ0v) is 15.2. The van der Waals surface area contributed by atoms with Crippen molar-refractivity contribution in [1.29, 1.82) is 0 Å². The lowest BCUT2D eigenvalue weighted by Gasteiger charge is -2.11. The first kappa shape index (κ1) is 17.1. The molecule has 1 heterocycles. The van der Waals surface area contributed by atoms with Gasteiger partial charge >= 0.3 is 0 Å². The summed E-state index contributed by atoms with van der Waals surface area (Å²) in [6.45, 7) is 0. The molecule has 1 aromatic heterocycles. The molecular formula is C21H16ClN3O2. The summed E-state index contributed by atoms with van der Waals surface area (Å²) in [5.41, 5.74) is 3.76. The first-order chi connectivity index (χ1) is 13.1. The number of imidazole rings is 1. The van der Waals surface area contributed by atoms with Crippen molar-refractivity contribution in [3.05, 3.63) is 77.3 Å². The second-order valence-corrected chi connectivity index (χ2v) is 6.42. The molecule has 0 unspecified atom stereocenters. The first-order valence-corrected chi connectivity index (χ1v) is 8.72. The number of nitrogens with zero attached hydrogens (tertiary/aromatic N) is 1. The topological polar surface area (TPSA) is 67.0 Å². The Balaban J connectivity index is 1.68. The molecule has 5 nitrogen and oxygen atoms in total. The molecule has 0 spiro atoms. The second kappa shape index (κ2) is 7.13. The molecule has 27 heavy (non-hydrogen) atoms. The number of para-hydroxylation sites is 2. The smallest absolute Gasteiger partial charge is 0.255 e. The predicted molar refractivity (Wildman–Crippen MR) is 107 cm³/mol. The van der Waals surface area contributed by atoms with Crippen LogP contribution in [0.1, 0.15) is 10.4 Å². The van der Waals surface area contributed by atoms with Crippen molar-refractivity contribution < 1.29 is 9.53 Å².